The molecule has 0 fully saturated rings. The van der Waals surface area contributed by atoms with Crippen LogP contribution >= 0.6 is 0 Å². The number of nitro benzene ring substituents is 1. The van der Waals surface area contributed by atoms with Crippen LogP contribution in [0, 0.1) is 10.1 Å². The molecular formula is C13H8NO5-. The molecule has 0 heterocycles. The predicted octanol–water partition coefficient (Wildman–Crippen LogP) is 2.03. The van der Waals surface area contributed by atoms with E-state index in [-0.39, 0.29) is 5.56 Å². The Morgan fingerprint density at radius 2 is 1.84 bits per heavy atom. The van der Waals surface area contributed by atoms with E-state index in [2.05, 4.69) is 0 Å². The smallest absolute Gasteiger partial charge is 0.336 e. The van der Waals surface area contributed by atoms with Crippen molar-refractivity contribution in [2.45, 2.75) is 0 Å². The third-order valence-corrected chi connectivity index (χ3v) is 2.62. The molecule has 0 amide bonds. The van der Waals surface area contributed by atoms with E-state index in [0.29, 0.717) is 11.1 Å². The van der Waals surface area contributed by atoms with E-state index >= 15 is 0 Å². The van der Waals surface area contributed by atoms with Crippen LogP contribution in [-0.2, 0) is 0 Å². The third kappa shape index (κ3) is 2.37. The summed E-state index contributed by atoms with van der Waals surface area (Å²) in [5.74, 6) is -1.84. The molecule has 2 aromatic rings. The van der Waals surface area contributed by atoms with E-state index in [1.165, 1.54) is 18.2 Å². The van der Waals surface area contributed by atoms with Crippen molar-refractivity contribution in [1.29, 1.82) is 0 Å². The van der Waals surface area contributed by atoms with Crippen LogP contribution in [0.25, 0.3) is 11.1 Å². The average Bonchev–Trinajstić information content (AvgIpc) is 2.39. The second kappa shape index (κ2) is 4.77. The molecule has 0 aromatic heterocycles. The minimum Gasteiger partial charge on any atom is -0.868 e. The van der Waals surface area contributed by atoms with Gasteiger partial charge in [0.25, 0.3) is 5.69 Å². The lowest BCUT2D eigenvalue weighted by molar-refractivity contribution is -0.398. The maximum absolute atomic E-state index is 11.3. The van der Waals surface area contributed by atoms with Gasteiger partial charge in [-0.2, -0.15) is 0 Å². The molecule has 0 aliphatic heterocycles. The quantitative estimate of drug-likeness (QED) is 0.670. The Morgan fingerprint density at radius 1 is 1.16 bits per heavy atom. The SMILES string of the molecule is O=C(O)c1ccccc1-c1ccc([O-])c([N+](=O)[O-])c1. The molecular weight excluding hydrogens is 250 g/mol. The summed E-state index contributed by atoms with van der Waals surface area (Å²) < 4.78 is 0. The monoisotopic (exact) mass is 258 g/mol. The summed E-state index contributed by atoms with van der Waals surface area (Å²) in [5.41, 5.74) is 0.107. The Kier molecular flexibility index (Phi) is 3.15. The third-order valence-electron chi connectivity index (χ3n) is 2.62. The fourth-order valence-corrected chi connectivity index (χ4v) is 1.75. The standard InChI is InChI=1S/C13H9NO5/c15-12-6-5-8(7-11(12)14(18)19)9-3-1-2-4-10(9)13(16)17/h1-7,15H,(H,16,17)/p-1. The number of carbonyl (C=O) groups is 1. The number of nitro groups is 1. The average molecular weight is 258 g/mol. The van der Waals surface area contributed by atoms with Crippen molar-refractivity contribution in [1.82, 2.24) is 0 Å². The van der Waals surface area contributed by atoms with Crippen molar-refractivity contribution >= 4 is 11.7 Å². The van der Waals surface area contributed by atoms with Gasteiger partial charge in [-0.3, -0.25) is 10.1 Å². The van der Waals surface area contributed by atoms with Gasteiger partial charge in [0.15, 0.2) is 0 Å². The Labute approximate surface area is 107 Å². The second-order valence-electron chi connectivity index (χ2n) is 3.79. The zero-order valence-corrected chi connectivity index (χ0v) is 9.57. The Hall–Kier alpha value is -2.89. The molecule has 0 atom stereocenters. The van der Waals surface area contributed by atoms with Crippen molar-refractivity contribution < 1.29 is 19.9 Å². The zero-order chi connectivity index (χ0) is 14.0. The Balaban J connectivity index is 2.63. The molecule has 0 spiro atoms. The minimum absolute atomic E-state index is 0.0236. The fraction of sp³-hybridized carbons (Fsp3) is 0. The molecule has 0 saturated carbocycles. The Bertz CT molecular complexity index is 666. The lowest BCUT2D eigenvalue weighted by atomic mass is 9.99. The molecule has 96 valence electrons. The van der Waals surface area contributed by atoms with Crippen LogP contribution in [0.15, 0.2) is 42.5 Å². The molecule has 6 heteroatoms. The van der Waals surface area contributed by atoms with Crippen LogP contribution in [-0.4, -0.2) is 16.0 Å². The highest BCUT2D eigenvalue weighted by atomic mass is 16.6. The first kappa shape index (κ1) is 12.6. The van der Waals surface area contributed by atoms with Crippen molar-refractivity contribution in [3.63, 3.8) is 0 Å². The summed E-state index contributed by atoms with van der Waals surface area (Å²) in [6.07, 6.45) is 0. The largest absolute Gasteiger partial charge is 0.868 e. The Morgan fingerprint density at radius 3 is 2.47 bits per heavy atom. The van der Waals surface area contributed by atoms with Crippen molar-refractivity contribution in [3.05, 3.63) is 58.1 Å². The number of carboxylic acids is 1. The first-order valence-electron chi connectivity index (χ1n) is 5.29. The topological polar surface area (TPSA) is 104 Å². The number of benzene rings is 2. The van der Waals surface area contributed by atoms with Gasteiger partial charge in [-0.05, 0) is 22.9 Å². The number of hydrogen-bond acceptors (Lipinski definition) is 4. The van der Waals surface area contributed by atoms with Crippen molar-refractivity contribution in [2.24, 2.45) is 0 Å². The maximum Gasteiger partial charge on any atom is 0.336 e. The van der Waals surface area contributed by atoms with Crippen LogP contribution in [0.3, 0.4) is 0 Å². The van der Waals surface area contributed by atoms with Gasteiger partial charge in [0, 0.05) is 6.07 Å². The van der Waals surface area contributed by atoms with E-state index in [0.717, 1.165) is 12.1 Å². The molecule has 0 aliphatic rings. The highest BCUT2D eigenvalue weighted by Gasteiger charge is 2.14. The van der Waals surface area contributed by atoms with Gasteiger partial charge < -0.3 is 10.2 Å². The summed E-state index contributed by atoms with van der Waals surface area (Å²) in [5, 5.41) is 31.1. The molecule has 2 rings (SSSR count). The van der Waals surface area contributed by atoms with Gasteiger partial charge in [0.2, 0.25) is 0 Å². The number of carboxylic acid groups (broad SMARTS) is 1. The zero-order valence-electron chi connectivity index (χ0n) is 9.57. The van der Waals surface area contributed by atoms with E-state index < -0.39 is 22.3 Å². The number of nitrogens with zero attached hydrogens (tertiary/aromatic N) is 1. The first-order chi connectivity index (χ1) is 9.00. The summed E-state index contributed by atoms with van der Waals surface area (Å²) >= 11 is 0. The van der Waals surface area contributed by atoms with E-state index in [1.807, 2.05) is 0 Å². The minimum atomic E-state index is -1.13. The van der Waals surface area contributed by atoms with Crippen molar-refractivity contribution in [2.75, 3.05) is 0 Å². The van der Waals surface area contributed by atoms with Crippen LogP contribution in [0.1, 0.15) is 10.4 Å². The van der Waals surface area contributed by atoms with Crippen LogP contribution in [0.5, 0.6) is 5.75 Å². The lowest BCUT2D eigenvalue weighted by Crippen LogP contribution is -2.01. The molecule has 0 radical (unpaired) electrons. The molecule has 0 aliphatic carbocycles. The van der Waals surface area contributed by atoms with E-state index in [4.69, 9.17) is 5.11 Å². The highest BCUT2D eigenvalue weighted by Crippen LogP contribution is 2.31. The van der Waals surface area contributed by atoms with Gasteiger partial charge in [-0.1, -0.05) is 30.3 Å². The van der Waals surface area contributed by atoms with Gasteiger partial charge in [-0.15, -0.1) is 0 Å². The molecule has 0 saturated heterocycles. The molecule has 2 aromatic carbocycles. The molecule has 19 heavy (non-hydrogen) atoms. The van der Waals surface area contributed by atoms with Gasteiger partial charge in [0.1, 0.15) is 0 Å². The predicted molar refractivity (Wildman–Crippen MR) is 64.9 cm³/mol. The fourth-order valence-electron chi connectivity index (χ4n) is 1.75. The maximum atomic E-state index is 11.3. The van der Waals surface area contributed by atoms with Crippen LogP contribution in [0.4, 0.5) is 5.69 Å². The van der Waals surface area contributed by atoms with Gasteiger partial charge >= 0.3 is 5.97 Å². The number of aromatic carboxylic acids is 1. The first-order valence-corrected chi connectivity index (χ1v) is 5.29. The second-order valence-corrected chi connectivity index (χ2v) is 3.79. The van der Waals surface area contributed by atoms with Gasteiger partial charge in [0.05, 0.1) is 10.5 Å². The van der Waals surface area contributed by atoms with Gasteiger partial charge in [-0.25, -0.2) is 4.79 Å². The summed E-state index contributed by atoms with van der Waals surface area (Å²) in [4.78, 5) is 21.0. The lowest BCUT2D eigenvalue weighted by Gasteiger charge is -2.10. The van der Waals surface area contributed by atoms with Crippen molar-refractivity contribution in [3.8, 4) is 16.9 Å². The number of hydrogen-bond donors (Lipinski definition) is 1. The summed E-state index contributed by atoms with van der Waals surface area (Å²) in [7, 11) is 0. The van der Waals surface area contributed by atoms with E-state index in [9.17, 15) is 20.0 Å². The normalized spacial score (nSPS) is 10.1. The number of rotatable bonds is 3. The van der Waals surface area contributed by atoms with E-state index in [1.54, 1.807) is 12.1 Å². The molecule has 6 nitrogen and oxygen atoms in total. The summed E-state index contributed by atoms with van der Waals surface area (Å²) in [6, 6.07) is 9.64. The summed E-state index contributed by atoms with van der Waals surface area (Å²) in [6.45, 7) is 0. The molecule has 0 bridgehead atoms. The van der Waals surface area contributed by atoms with Crippen LogP contribution < -0.4 is 5.11 Å². The molecule has 1 N–H and O–H groups in total. The molecule has 0 unspecified atom stereocenters. The highest BCUT2D eigenvalue weighted by molar-refractivity contribution is 5.96. The van der Waals surface area contributed by atoms with Crippen LogP contribution in [0.2, 0.25) is 0 Å².